The number of morpholine rings is 1. The topological polar surface area (TPSA) is 114 Å². The summed E-state index contributed by atoms with van der Waals surface area (Å²) < 4.78 is 5.65. The second kappa shape index (κ2) is 11.9. The number of allylic oxidation sites excluding steroid dienone is 2. The lowest BCUT2D eigenvalue weighted by atomic mass is 9.33. The van der Waals surface area contributed by atoms with Gasteiger partial charge in [0, 0.05) is 18.5 Å². The highest BCUT2D eigenvalue weighted by Crippen LogP contribution is 2.75. The monoisotopic (exact) mass is 695 g/mol. The Kier molecular flexibility index (Phi) is 8.57. The summed E-state index contributed by atoms with van der Waals surface area (Å²) in [5.74, 6) is 0.538. The number of thioether (sulfide) groups is 1. The first-order chi connectivity index (χ1) is 23.0. The number of amides is 3. The fourth-order valence-electron chi connectivity index (χ4n) is 12.5. The van der Waals surface area contributed by atoms with Crippen LogP contribution in [0.4, 0.5) is 4.79 Å². The van der Waals surface area contributed by atoms with Gasteiger partial charge in [0.15, 0.2) is 0 Å². The third kappa shape index (κ3) is 5.38. The second-order valence-corrected chi connectivity index (χ2v) is 19.8. The molecule has 0 bridgehead atoms. The van der Waals surface area contributed by atoms with E-state index in [1.165, 1.54) is 0 Å². The van der Waals surface area contributed by atoms with Crippen molar-refractivity contribution in [3.05, 3.63) is 11.6 Å². The molecule has 10 heteroatoms. The summed E-state index contributed by atoms with van der Waals surface area (Å²) in [5.41, 5.74) is 2.41. The molecule has 0 aromatic heterocycles. The SMILES string of the molecule is CC1(C)CC[C@]2(C(=O)N3CCOCC3)CC[C@]3(C)C(=CC[C@H]4[C@@]5(C)CC/C(=N/OC(=O)C[C@@H]6SC(=O)NC6=O)C(C)(C)[C@@H]5CC[C@]43C)[C@@H]2C1. The Bertz CT molecular complexity index is 1500. The lowest BCUT2D eigenvalue weighted by Gasteiger charge is -2.71. The van der Waals surface area contributed by atoms with Gasteiger partial charge in [-0.25, -0.2) is 4.79 Å². The first kappa shape index (κ1) is 35.2. The van der Waals surface area contributed by atoms with Crippen LogP contribution in [0, 0.1) is 50.2 Å². The number of rotatable bonds is 4. The van der Waals surface area contributed by atoms with E-state index in [9.17, 15) is 19.2 Å². The fourth-order valence-corrected chi connectivity index (χ4v) is 13.3. The average Bonchev–Trinajstić information content (AvgIpc) is 3.36. The molecule has 7 aliphatic rings. The summed E-state index contributed by atoms with van der Waals surface area (Å²) in [6.07, 6.45) is 12.7. The van der Waals surface area contributed by atoms with Gasteiger partial charge in [-0.05, 0) is 104 Å². The van der Waals surface area contributed by atoms with Crippen LogP contribution in [0.15, 0.2) is 16.8 Å². The van der Waals surface area contributed by atoms with Gasteiger partial charge in [-0.2, -0.15) is 0 Å². The minimum Gasteiger partial charge on any atom is -0.378 e. The molecule has 9 nitrogen and oxygen atoms in total. The van der Waals surface area contributed by atoms with E-state index in [-0.39, 0.29) is 44.8 Å². The molecular weight excluding hydrogens is 639 g/mol. The molecular formula is C39H57N3O6S. The van der Waals surface area contributed by atoms with Crippen molar-refractivity contribution in [3.8, 4) is 0 Å². The molecule has 8 atom stereocenters. The smallest absolute Gasteiger partial charge is 0.336 e. The lowest BCUT2D eigenvalue weighted by molar-refractivity contribution is -0.177. The molecule has 270 valence electrons. The molecule has 1 N–H and O–H groups in total. The van der Waals surface area contributed by atoms with Gasteiger partial charge in [-0.1, -0.05) is 77.0 Å². The van der Waals surface area contributed by atoms with Crippen molar-refractivity contribution in [3.63, 3.8) is 0 Å². The molecule has 0 spiro atoms. The quantitative estimate of drug-likeness (QED) is 0.187. The molecule has 4 saturated carbocycles. The molecule has 0 radical (unpaired) electrons. The van der Waals surface area contributed by atoms with Gasteiger partial charge >= 0.3 is 5.97 Å². The van der Waals surface area contributed by atoms with E-state index in [2.05, 4.69) is 69.9 Å². The fraction of sp³-hybridized carbons (Fsp3) is 0.821. The van der Waals surface area contributed by atoms with E-state index >= 15 is 0 Å². The highest BCUT2D eigenvalue weighted by molar-refractivity contribution is 8.15. The number of oxime groups is 1. The van der Waals surface area contributed by atoms with Gasteiger partial charge in [0.1, 0.15) is 5.25 Å². The van der Waals surface area contributed by atoms with Crippen LogP contribution in [-0.4, -0.2) is 65.2 Å². The molecule has 49 heavy (non-hydrogen) atoms. The van der Waals surface area contributed by atoms with Gasteiger partial charge in [0.05, 0.1) is 30.8 Å². The molecule has 3 amide bonds. The minimum absolute atomic E-state index is 0.0384. The Labute approximate surface area is 296 Å². The van der Waals surface area contributed by atoms with E-state index in [1.807, 2.05) is 0 Å². The third-order valence-electron chi connectivity index (χ3n) is 15.5. The van der Waals surface area contributed by atoms with Crippen molar-refractivity contribution in [2.45, 2.75) is 124 Å². The van der Waals surface area contributed by atoms with Crippen LogP contribution in [0.2, 0.25) is 0 Å². The van der Waals surface area contributed by atoms with Crippen LogP contribution in [0.3, 0.4) is 0 Å². The Balaban J connectivity index is 1.15. The van der Waals surface area contributed by atoms with Crippen molar-refractivity contribution in [2.24, 2.45) is 55.4 Å². The first-order valence-electron chi connectivity index (χ1n) is 18.8. The van der Waals surface area contributed by atoms with Crippen LogP contribution in [0.25, 0.3) is 0 Å². The second-order valence-electron chi connectivity index (χ2n) is 18.6. The molecule has 0 unspecified atom stereocenters. The number of imide groups is 1. The maximum atomic E-state index is 14.6. The third-order valence-corrected chi connectivity index (χ3v) is 16.5. The Hall–Kier alpha value is -2.20. The van der Waals surface area contributed by atoms with Crippen molar-refractivity contribution in [1.82, 2.24) is 10.2 Å². The molecule has 6 fully saturated rings. The predicted octanol–water partition coefficient (Wildman–Crippen LogP) is 7.29. The highest BCUT2D eigenvalue weighted by atomic mass is 32.2. The van der Waals surface area contributed by atoms with Gasteiger partial charge in [0.25, 0.3) is 5.24 Å². The van der Waals surface area contributed by atoms with Crippen molar-refractivity contribution >= 4 is 40.5 Å². The maximum Gasteiger partial charge on any atom is 0.336 e. The Morgan fingerprint density at radius 1 is 0.980 bits per heavy atom. The van der Waals surface area contributed by atoms with Gasteiger partial charge in [0.2, 0.25) is 11.8 Å². The standard InChI is InChI=1S/C39H57N3O6S/c1-34(2)14-16-39(32(45)42-18-20-47-21-19-42)17-15-37(6)24(25(39)23-34)8-9-28-36(5)12-11-29(35(3,4)27(36)10-13-38(28,37)7)41-48-30(43)22-26-31(44)40-33(46)49-26/h8,25-28H,9-23H2,1-7H3,(H,40,44,46)/b41-29-/t25-,26-,27-,28-,36-,37+,38+,39-/m0/s1. The van der Waals surface area contributed by atoms with Crippen molar-refractivity contribution < 1.29 is 28.8 Å². The number of carbonyl (C=O) groups is 4. The summed E-state index contributed by atoms with van der Waals surface area (Å²) in [5, 5.41) is 5.49. The Morgan fingerprint density at radius 2 is 1.69 bits per heavy atom. The zero-order chi connectivity index (χ0) is 35.2. The highest BCUT2D eigenvalue weighted by Gasteiger charge is 2.69. The summed E-state index contributed by atoms with van der Waals surface area (Å²) in [7, 11) is 0. The normalized spacial score (nSPS) is 43.4. The number of fused-ring (bicyclic) bond motifs is 7. The molecule has 0 aromatic rings. The molecule has 7 rings (SSSR count). The molecule has 0 aromatic carbocycles. The molecule has 2 saturated heterocycles. The van der Waals surface area contributed by atoms with E-state index in [0.29, 0.717) is 44.0 Å². The summed E-state index contributed by atoms with van der Waals surface area (Å²) in [6, 6.07) is 0. The van der Waals surface area contributed by atoms with E-state index in [4.69, 9.17) is 9.57 Å². The van der Waals surface area contributed by atoms with Gasteiger partial charge in [-0.3, -0.25) is 19.7 Å². The number of hydrogen-bond acceptors (Lipinski definition) is 8. The molecule has 5 aliphatic carbocycles. The number of carbonyl (C=O) groups excluding carboxylic acids is 4. The molecule has 2 heterocycles. The van der Waals surface area contributed by atoms with Gasteiger partial charge in [-0.15, -0.1) is 0 Å². The van der Waals surface area contributed by atoms with Crippen LogP contribution in [0.1, 0.15) is 119 Å². The van der Waals surface area contributed by atoms with Gasteiger partial charge < -0.3 is 14.5 Å². The van der Waals surface area contributed by atoms with Crippen LogP contribution in [0.5, 0.6) is 0 Å². The lowest BCUT2D eigenvalue weighted by Crippen LogP contribution is -2.65. The van der Waals surface area contributed by atoms with Crippen molar-refractivity contribution in [2.75, 3.05) is 26.3 Å². The first-order valence-corrected chi connectivity index (χ1v) is 19.7. The molecule has 2 aliphatic heterocycles. The number of nitrogens with one attached hydrogen (secondary N) is 1. The van der Waals surface area contributed by atoms with E-state index in [1.54, 1.807) is 5.57 Å². The van der Waals surface area contributed by atoms with E-state index in [0.717, 1.165) is 81.7 Å². The van der Waals surface area contributed by atoms with Crippen LogP contribution >= 0.6 is 11.8 Å². The summed E-state index contributed by atoms with van der Waals surface area (Å²) >= 11 is 0.832. The Morgan fingerprint density at radius 3 is 2.39 bits per heavy atom. The minimum atomic E-state index is -0.758. The number of hydrogen-bond donors (Lipinski definition) is 1. The number of nitrogens with zero attached hydrogens (tertiary/aromatic N) is 2. The maximum absolute atomic E-state index is 14.6. The van der Waals surface area contributed by atoms with Crippen LogP contribution < -0.4 is 5.32 Å². The predicted molar refractivity (Wildman–Crippen MR) is 189 cm³/mol. The summed E-state index contributed by atoms with van der Waals surface area (Å²) in [4.78, 5) is 58.3. The van der Waals surface area contributed by atoms with E-state index < -0.39 is 22.4 Å². The zero-order valence-corrected chi connectivity index (χ0v) is 31.6. The largest absolute Gasteiger partial charge is 0.378 e. The summed E-state index contributed by atoms with van der Waals surface area (Å²) in [6.45, 7) is 19.8. The number of ether oxygens (including phenoxy) is 1. The zero-order valence-electron chi connectivity index (χ0n) is 30.7. The van der Waals surface area contributed by atoms with Crippen LogP contribution in [-0.2, 0) is 24.0 Å². The average molecular weight is 696 g/mol. The van der Waals surface area contributed by atoms with Crippen molar-refractivity contribution in [1.29, 1.82) is 0 Å².